The maximum absolute atomic E-state index is 10.2. The Bertz CT molecular complexity index is 143. The zero-order chi connectivity index (χ0) is 7.11. The second-order valence-electron chi connectivity index (χ2n) is 1.65. The molecule has 0 N–H and O–H groups in total. The molecule has 0 unspecified atom stereocenters. The molecule has 0 spiro atoms. The Labute approximate surface area is 55.4 Å². The van der Waals surface area contributed by atoms with Crippen LogP contribution in [0, 0.1) is 5.21 Å². The van der Waals surface area contributed by atoms with Crippen LogP contribution in [0.2, 0.25) is 0 Å². The Hall–Kier alpha value is -1.01. The summed E-state index contributed by atoms with van der Waals surface area (Å²) < 4.78 is 0.661. The van der Waals surface area contributed by atoms with Crippen LogP contribution in [0.25, 0.3) is 0 Å². The SMILES string of the molecule is C=[N+]([O-])CCC=C=CC. The first kappa shape index (κ1) is 7.99. The fraction of sp³-hybridized carbons (Fsp3) is 0.429. The van der Waals surface area contributed by atoms with Gasteiger partial charge < -0.3 is 5.21 Å². The van der Waals surface area contributed by atoms with E-state index in [1.54, 1.807) is 6.08 Å². The van der Waals surface area contributed by atoms with Crippen LogP contribution in [0.1, 0.15) is 13.3 Å². The highest BCUT2D eigenvalue weighted by atomic mass is 16.5. The lowest BCUT2D eigenvalue weighted by Gasteiger charge is -1.95. The summed E-state index contributed by atoms with van der Waals surface area (Å²) in [6.45, 7) is 5.49. The van der Waals surface area contributed by atoms with Crippen LogP contribution in [0.3, 0.4) is 0 Å². The maximum Gasteiger partial charge on any atom is 0.156 e. The Morgan fingerprint density at radius 1 is 1.78 bits per heavy atom. The monoisotopic (exact) mass is 125 g/mol. The van der Waals surface area contributed by atoms with Gasteiger partial charge >= 0.3 is 0 Å². The largest absolute Gasteiger partial charge is 0.624 e. The van der Waals surface area contributed by atoms with Gasteiger partial charge in [0, 0.05) is 6.42 Å². The molecule has 0 aromatic heterocycles. The molecule has 0 saturated carbocycles. The summed E-state index contributed by atoms with van der Waals surface area (Å²) in [5, 5.41) is 10.2. The Balaban J connectivity index is 3.30. The van der Waals surface area contributed by atoms with Crippen molar-refractivity contribution in [1.82, 2.24) is 0 Å². The molecule has 9 heavy (non-hydrogen) atoms. The van der Waals surface area contributed by atoms with Crippen LogP contribution in [-0.2, 0) is 0 Å². The minimum Gasteiger partial charge on any atom is -0.624 e. The summed E-state index contributed by atoms with van der Waals surface area (Å²) in [5.41, 5.74) is 2.86. The van der Waals surface area contributed by atoms with Crippen molar-refractivity contribution < 1.29 is 4.74 Å². The van der Waals surface area contributed by atoms with Crippen molar-refractivity contribution in [1.29, 1.82) is 0 Å². The smallest absolute Gasteiger partial charge is 0.156 e. The van der Waals surface area contributed by atoms with Gasteiger partial charge in [-0.05, 0) is 19.1 Å². The summed E-state index contributed by atoms with van der Waals surface area (Å²) in [6, 6.07) is 0. The normalized spacial score (nSPS) is 7.67. The second-order valence-corrected chi connectivity index (χ2v) is 1.65. The van der Waals surface area contributed by atoms with Gasteiger partial charge in [-0.1, -0.05) is 0 Å². The number of hydrogen-bond acceptors (Lipinski definition) is 1. The van der Waals surface area contributed by atoms with Crippen LogP contribution in [0.5, 0.6) is 0 Å². The molecule has 0 heterocycles. The third kappa shape index (κ3) is 6.99. The van der Waals surface area contributed by atoms with Gasteiger partial charge in [-0.3, -0.25) is 0 Å². The number of rotatable bonds is 3. The summed E-state index contributed by atoms with van der Waals surface area (Å²) in [4.78, 5) is 0. The van der Waals surface area contributed by atoms with E-state index in [0.717, 1.165) is 6.42 Å². The maximum atomic E-state index is 10.2. The van der Waals surface area contributed by atoms with E-state index in [2.05, 4.69) is 12.4 Å². The van der Waals surface area contributed by atoms with Crippen molar-refractivity contribution in [2.75, 3.05) is 6.54 Å². The molecule has 0 aliphatic carbocycles. The molecule has 2 heteroatoms. The fourth-order valence-electron chi connectivity index (χ4n) is 0.410. The molecule has 0 atom stereocenters. The summed E-state index contributed by atoms with van der Waals surface area (Å²) in [5.74, 6) is 0. The average molecular weight is 125 g/mol. The van der Waals surface area contributed by atoms with E-state index in [-0.39, 0.29) is 0 Å². The molecular weight excluding hydrogens is 114 g/mol. The lowest BCUT2D eigenvalue weighted by atomic mass is 10.4. The van der Waals surface area contributed by atoms with E-state index in [1.165, 1.54) is 0 Å². The first-order valence-electron chi connectivity index (χ1n) is 2.88. The third-order valence-corrected chi connectivity index (χ3v) is 0.807. The van der Waals surface area contributed by atoms with Gasteiger partial charge in [0.1, 0.15) is 6.72 Å². The lowest BCUT2D eigenvalue weighted by molar-refractivity contribution is -0.447. The van der Waals surface area contributed by atoms with Crippen LogP contribution in [-0.4, -0.2) is 18.0 Å². The molecule has 0 fully saturated rings. The van der Waals surface area contributed by atoms with Crippen molar-refractivity contribution in [3.8, 4) is 0 Å². The van der Waals surface area contributed by atoms with Crippen molar-refractivity contribution in [2.24, 2.45) is 0 Å². The molecule has 0 aromatic rings. The molecule has 0 aromatic carbocycles. The van der Waals surface area contributed by atoms with Crippen molar-refractivity contribution in [3.63, 3.8) is 0 Å². The quantitative estimate of drug-likeness (QED) is 0.184. The number of hydroxylamine groups is 1. The summed E-state index contributed by atoms with van der Waals surface area (Å²) in [7, 11) is 0. The molecule has 0 rings (SSSR count). The van der Waals surface area contributed by atoms with E-state index < -0.39 is 0 Å². The molecule has 2 nitrogen and oxygen atoms in total. The molecule has 0 amide bonds. The first-order valence-corrected chi connectivity index (χ1v) is 2.88. The Morgan fingerprint density at radius 3 is 2.89 bits per heavy atom. The third-order valence-electron chi connectivity index (χ3n) is 0.807. The minimum absolute atomic E-state index is 0.445. The van der Waals surface area contributed by atoms with Crippen molar-refractivity contribution in [2.45, 2.75) is 13.3 Å². The molecule has 0 saturated heterocycles. The standard InChI is InChI=1S/C7H11NO/c1-3-4-5-6-7-8(2)9/h3,5H,2,6-7H2,1H3. The molecular formula is C7H11NO. The van der Waals surface area contributed by atoms with Gasteiger partial charge in [0.25, 0.3) is 0 Å². The second kappa shape index (κ2) is 5.13. The van der Waals surface area contributed by atoms with Crippen LogP contribution < -0.4 is 0 Å². The fourth-order valence-corrected chi connectivity index (χ4v) is 0.410. The molecule has 0 aliphatic heterocycles. The van der Waals surface area contributed by atoms with Crippen LogP contribution >= 0.6 is 0 Å². The summed E-state index contributed by atoms with van der Waals surface area (Å²) in [6.07, 6.45) is 4.34. The predicted molar refractivity (Wildman–Crippen MR) is 38.6 cm³/mol. The predicted octanol–water partition coefficient (Wildman–Crippen LogP) is 1.32. The van der Waals surface area contributed by atoms with Gasteiger partial charge in [-0.2, -0.15) is 0 Å². The van der Waals surface area contributed by atoms with E-state index >= 15 is 0 Å². The first-order chi connectivity index (χ1) is 4.27. The van der Waals surface area contributed by atoms with E-state index in [9.17, 15) is 5.21 Å². The van der Waals surface area contributed by atoms with Gasteiger partial charge in [0.15, 0.2) is 6.54 Å². The van der Waals surface area contributed by atoms with Gasteiger partial charge in [0.2, 0.25) is 0 Å². The Morgan fingerprint density at radius 2 is 2.44 bits per heavy atom. The summed E-state index contributed by atoms with van der Waals surface area (Å²) >= 11 is 0. The molecule has 0 radical (unpaired) electrons. The zero-order valence-corrected chi connectivity index (χ0v) is 5.63. The van der Waals surface area contributed by atoms with Crippen molar-refractivity contribution in [3.05, 3.63) is 23.1 Å². The van der Waals surface area contributed by atoms with Crippen LogP contribution in [0.4, 0.5) is 0 Å². The average Bonchev–Trinajstić information content (AvgIpc) is 1.80. The van der Waals surface area contributed by atoms with E-state index in [0.29, 0.717) is 11.3 Å². The van der Waals surface area contributed by atoms with Gasteiger partial charge in [-0.25, -0.2) is 4.74 Å². The Kier molecular flexibility index (Phi) is 4.56. The number of nitrogens with zero attached hydrogens (tertiary/aromatic N) is 1. The zero-order valence-electron chi connectivity index (χ0n) is 5.63. The van der Waals surface area contributed by atoms with E-state index in [1.807, 2.05) is 13.0 Å². The van der Waals surface area contributed by atoms with Crippen molar-refractivity contribution >= 4 is 6.72 Å². The van der Waals surface area contributed by atoms with Crippen LogP contribution in [0.15, 0.2) is 17.9 Å². The highest BCUT2D eigenvalue weighted by Gasteiger charge is 1.81. The lowest BCUT2D eigenvalue weighted by Crippen LogP contribution is -1.99. The topological polar surface area (TPSA) is 26.1 Å². The molecule has 0 aliphatic rings. The van der Waals surface area contributed by atoms with Gasteiger partial charge in [-0.15, -0.1) is 5.73 Å². The number of hydrogen-bond donors (Lipinski definition) is 0. The highest BCUT2D eigenvalue weighted by Crippen LogP contribution is 1.79. The van der Waals surface area contributed by atoms with Gasteiger partial charge in [0.05, 0.1) is 0 Å². The molecule has 0 bridgehead atoms. The highest BCUT2D eigenvalue weighted by molar-refractivity contribution is 5.14. The van der Waals surface area contributed by atoms with E-state index in [4.69, 9.17) is 0 Å². The molecule has 50 valence electrons. The minimum atomic E-state index is 0.445.